The highest BCUT2D eigenvalue weighted by Gasteiger charge is 2.21. The lowest BCUT2D eigenvalue weighted by atomic mass is 10.3. The minimum Gasteiger partial charge on any atom is -0.355 e. The summed E-state index contributed by atoms with van der Waals surface area (Å²) in [5.41, 5.74) is 0. The maximum atomic E-state index is 11.8. The highest BCUT2D eigenvalue weighted by molar-refractivity contribution is 5.79. The number of likely N-dealkylation sites (N-methyl/N-ethyl adjacent to an activating group) is 1. The van der Waals surface area contributed by atoms with E-state index < -0.39 is 0 Å². The molecule has 1 saturated heterocycles. The highest BCUT2D eigenvalue weighted by Crippen LogP contribution is 2.01. The Balaban J connectivity index is 2.23. The van der Waals surface area contributed by atoms with Crippen molar-refractivity contribution in [2.75, 3.05) is 52.4 Å². The van der Waals surface area contributed by atoms with Crippen molar-refractivity contribution in [3.8, 4) is 12.3 Å². The summed E-state index contributed by atoms with van der Waals surface area (Å²) in [6.07, 6.45) is 5.10. The van der Waals surface area contributed by atoms with Crippen LogP contribution in [0, 0.1) is 12.3 Å². The van der Waals surface area contributed by atoms with Crippen molar-refractivity contribution >= 4 is 11.8 Å². The van der Waals surface area contributed by atoms with E-state index in [1.807, 2.05) is 6.92 Å². The van der Waals surface area contributed by atoms with Gasteiger partial charge in [0.05, 0.1) is 19.6 Å². The van der Waals surface area contributed by atoms with Crippen molar-refractivity contribution in [1.29, 1.82) is 0 Å². The standard InChI is InChI=1S/C13H22N4O2/c1-3-5-14-10-13(19)17-8-6-16(7-9-17)11-12(18)15-4-2/h1,14H,4-11H2,2H3,(H,15,18). The van der Waals surface area contributed by atoms with Crippen LogP contribution in [-0.2, 0) is 9.59 Å². The summed E-state index contributed by atoms with van der Waals surface area (Å²) in [4.78, 5) is 27.1. The van der Waals surface area contributed by atoms with Crippen molar-refractivity contribution in [2.45, 2.75) is 6.92 Å². The zero-order valence-electron chi connectivity index (χ0n) is 11.4. The van der Waals surface area contributed by atoms with Crippen LogP contribution in [0.15, 0.2) is 0 Å². The first-order valence-electron chi connectivity index (χ1n) is 6.58. The first kappa shape index (κ1) is 15.5. The largest absolute Gasteiger partial charge is 0.355 e. The van der Waals surface area contributed by atoms with E-state index in [1.165, 1.54) is 0 Å². The van der Waals surface area contributed by atoms with E-state index in [4.69, 9.17) is 6.42 Å². The summed E-state index contributed by atoms with van der Waals surface area (Å²) in [6, 6.07) is 0. The predicted octanol–water partition coefficient (Wildman–Crippen LogP) is -1.51. The van der Waals surface area contributed by atoms with E-state index in [-0.39, 0.29) is 18.4 Å². The van der Waals surface area contributed by atoms with Crippen LogP contribution in [0.5, 0.6) is 0 Å². The first-order chi connectivity index (χ1) is 9.17. The smallest absolute Gasteiger partial charge is 0.236 e. The molecule has 1 fully saturated rings. The van der Waals surface area contributed by atoms with Gasteiger partial charge in [0, 0.05) is 32.7 Å². The Hall–Kier alpha value is -1.58. The number of rotatable bonds is 6. The van der Waals surface area contributed by atoms with Crippen LogP contribution in [0.3, 0.4) is 0 Å². The zero-order valence-corrected chi connectivity index (χ0v) is 11.4. The lowest BCUT2D eigenvalue weighted by molar-refractivity contribution is -0.132. The lowest BCUT2D eigenvalue weighted by Crippen LogP contribution is -2.52. The van der Waals surface area contributed by atoms with Gasteiger partial charge in [-0.25, -0.2) is 0 Å². The van der Waals surface area contributed by atoms with Crippen LogP contribution in [0.1, 0.15) is 6.92 Å². The van der Waals surface area contributed by atoms with Gasteiger partial charge in [0.15, 0.2) is 0 Å². The van der Waals surface area contributed by atoms with E-state index in [0.29, 0.717) is 32.7 Å². The monoisotopic (exact) mass is 266 g/mol. The number of nitrogens with zero attached hydrogens (tertiary/aromatic N) is 2. The molecule has 0 unspecified atom stereocenters. The fraction of sp³-hybridized carbons (Fsp3) is 0.692. The van der Waals surface area contributed by atoms with Crippen molar-refractivity contribution in [3.63, 3.8) is 0 Å². The molecular formula is C13H22N4O2. The number of nitrogens with one attached hydrogen (secondary N) is 2. The van der Waals surface area contributed by atoms with Gasteiger partial charge in [-0.15, -0.1) is 6.42 Å². The maximum Gasteiger partial charge on any atom is 0.236 e. The van der Waals surface area contributed by atoms with Crippen molar-refractivity contribution in [2.24, 2.45) is 0 Å². The summed E-state index contributed by atoms with van der Waals surface area (Å²) in [5, 5.41) is 5.66. The van der Waals surface area contributed by atoms with Gasteiger partial charge < -0.3 is 10.2 Å². The second kappa shape index (κ2) is 8.51. The molecule has 106 valence electrons. The Labute approximate surface area is 114 Å². The van der Waals surface area contributed by atoms with E-state index in [9.17, 15) is 9.59 Å². The van der Waals surface area contributed by atoms with Crippen LogP contribution in [0.2, 0.25) is 0 Å². The maximum absolute atomic E-state index is 11.8. The van der Waals surface area contributed by atoms with Crippen LogP contribution < -0.4 is 10.6 Å². The van der Waals surface area contributed by atoms with E-state index >= 15 is 0 Å². The number of hydrogen-bond donors (Lipinski definition) is 2. The van der Waals surface area contributed by atoms with Crippen LogP contribution in [-0.4, -0.2) is 74.0 Å². The Kier molecular flexibility index (Phi) is 6.93. The van der Waals surface area contributed by atoms with E-state index in [1.54, 1.807) is 4.90 Å². The first-order valence-corrected chi connectivity index (χ1v) is 6.58. The molecule has 0 aromatic rings. The molecule has 19 heavy (non-hydrogen) atoms. The van der Waals surface area contributed by atoms with Crippen molar-refractivity contribution in [1.82, 2.24) is 20.4 Å². The molecule has 1 aliphatic heterocycles. The zero-order chi connectivity index (χ0) is 14.1. The molecule has 1 aliphatic rings. The number of carbonyl (C=O) groups is 2. The molecule has 0 spiro atoms. The van der Waals surface area contributed by atoms with Crippen LogP contribution in [0.25, 0.3) is 0 Å². The molecule has 0 aromatic heterocycles. The molecule has 1 rings (SSSR count). The lowest BCUT2D eigenvalue weighted by Gasteiger charge is -2.34. The van der Waals surface area contributed by atoms with Gasteiger partial charge in [-0.05, 0) is 6.92 Å². The third-order valence-corrected chi connectivity index (χ3v) is 2.97. The summed E-state index contributed by atoms with van der Waals surface area (Å²) in [6.45, 7) is 6.44. The molecular weight excluding hydrogens is 244 g/mol. The molecule has 0 saturated carbocycles. The molecule has 0 atom stereocenters. The Morgan fingerprint density at radius 3 is 2.53 bits per heavy atom. The summed E-state index contributed by atoms with van der Waals surface area (Å²) in [5.74, 6) is 2.53. The van der Waals surface area contributed by atoms with Gasteiger partial charge in [0.25, 0.3) is 0 Å². The fourth-order valence-electron chi connectivity index (χ4n) is 1.96. The molecule has 0 radical (unpaired) electrons. The van der Waals surface area contributed by atoms with Gasteiger partial charge >= 0.3 is 0 Å². The molecule has 6 nitrogen and oxygen atoms in total. The van der Waals surface area contributed by atoms with Crippen LogP contribution >= 0.6 is 0 Å². The molecule has 0 aliphatic carbocycles. The summed E-state index contributed by atoms with van der Waals surface area (Å²) < 4.78 is 0. The number of carbonyl (C=O) groups excluding carboxylic acids is 2. The van der Waals surface area contributed by atoms with Gasteiger partial charge in [-0.2, -0.15) is 0 Å². The summed E-state index contributed by atoms with van der Waals surface area (Å²) >= 11 is 0. The Bertz CT molecular complexity index is 343. The average Bonchev–Trinajstić information content (AvgIpc) is 2.40. The third kappa shape index (κ3) is 5.73. The average molecular weight is 266 g/mol. The number of hydrogen-bond acceptors (Lipinski definition) is 4. The predicted molar refractivity (Wildman–Crippen MR) is 73.4 cm³/mol. The molecule has 6 heteroatoms. The fourth-order valence-corrected chi connectivity index (χ4v) is 1.96. The third-order valence-electron chi connectivity index (χ3n) is 2.97. The summed E-state index contributed by atoms with van der Waals surface area (Å²) in [7, 11) is 0. The minimum absolute atomic E-state index is 0.0398. The number of amides is 2. The highest BCUT2D eigenvalue weighted by atomic mass is 16.2. The van der Waals surface area contributed by atoms with E-state index in [0.717, 1.165) is 13.1 Å². The van der Waals surface area contributed by atoms with Gasteiger partial charge in [-0.1, -0.05) is 5.92 Å². The van der Waals surface area contributed by atoms with Gasteiger partial charge in [-0.3, -0.25) is 19.8 Å². The molecule has 0 bridgehead atoms. The van der Waals surface area contributed by atoms with E-state index in [2.05, 4.69) is 21.5 Å². The Morgan fingerprint density at radius 2 is 1.95 bits per heavy atom. The minimum atomic E-state index is 0.0398. The Morgan fingerprint density at radius 1 is 1.26 bits per heavy atom. The second-order valence-electron chi connectivity index (χ2n) is 4.42. The normalized spacial score (nSPS) is 15.9. The topological polar surface area (TPSA) is 64.7 Å². The number of terminal acetylenes is 1. The van der Waals surface area contributed by atoms with Gasteiger partial charge in [0.2, 0.25) is 11.8 Å². The molecule has 1 heterocycles. The SMILES string of the molecule is C#CCNCC(=O)N1CCN(CC(=O)NCC)CC1. The van der Waals surface area contributed by atoms with Crippen molar-refractivity contribution < 1.29 is 9.59 Å². The molecule has 2 N–H and O–H groups in total. The molecule has 2 amide bonds. The van der Waals surface area contributed by atoms with Crippen molar-refractivity contribution in [3.05, 3.63) is 0 Å². The quantitative estimate of drug-likeness (QED) is 0.453. The van der Waals surface area contributed by atoms with Gasteiger partial charge in [0.1, 0.15) is 0 Å². The molecule has 0 aromatic carbocycles. The number of piperazine rings is 1. The van der Waals surface area contributed by atoms with Crippen LogP contribution in [0.4, 0.5) is 0 Å². The second-order valence-corrected chi connectivity index (χ2v) is 4.42.